The molecule has 1 aliphatic carbocycles. The van der Waals surface area contributed by atoms with Gasteiger partial charge >= 0.3 is 0 Å². The minimum atomic E-state index is -1.14. The van der Waals surface area contributed by atoms with Gasteiger partial charge in [-0.1, -0.05) is 48.0 Å². The van der Waals surface area contributed by atoms with E-state index in [1.165, 1.54) is 6.07 Å². The fourth-order valence-electron chi connectivity index (χ4n) is 3.00. The van der Waals surface area contributed by atoms with Gasteiger partial charge in [0.25, 0.3) is 0 Å². The maximum absolute atomic E-state index is 14.0. The van der Waals surface area contributed by atoms with Crippen molar-refractivity contribution < 1.29 is 9.50 Å². The van der Waals surface area contributed by atoms with Crippen LogP contribution in [0, 0.1) is 5.82 Å². The topological polar surface area (TPSA) is 46.2 Å². The summed E-state index contributed by atoms with van der Waals surface area (Å²) < 4.78 is 14.0. The lowest BCUT2D eigenvalue weighted by atomic mass is 9.88. The predicted octanol–water partition coefficient (Wildman–Crippen LogP) is 3.31. The van der Waals surface area contributed by atoms with Crippen molar-refractivity contribution in [3.8, 4) is 0 Å². The second kappa shape index (κ2) is 4.85. The first-order valence-corrected chi connectivity index (χ1v) is 6.89. The molecule has 3 rings (SSSR count). The van der Waals surface area contributed by atoms with Crippen LogP contribution in [-0.2, 0) is 12.0 Å². The third-order valence-electron chi connectivity index (χ3n) is 3.93. The monoisotopic (exact) mass is 291 g/mol. The first-order chi connectivity index (χ1) is 9.51. The van der Waals surface area contributed by atoms with Gasteiger partial charge in [0, 0.05) is 12.5 Å². The van der Waals surface area contributed by atoms with Crippen LogP contribution in [0.25, 0.3) is 0 Å². The number of hydrogen-bond acceptors (Lipinski definition) is 2. The molecule has 0 heterocycles. The van der Waals surface area contributed by atoms with E-state index < -0.39 is 11.4 Å². The van der Waals surface area contributed by atoms with Crippen LogP contribution in [0.15, 0.2) is 42.5 Å². The van der Waals surface area contributed by atoms with Gasteiger partial charge in [0.2, 0.25) is 0 Å². The zero-order chi connectivity index (χ0) is 14.3. The quantitative estimate of drug-likeness (QED) is 0.892. The van der Waals surface area contributed by atoms with Gasteiger partial charge in [0.1, 0.15) is 5.82 Å². The molecule has 0 saturated heterocycles. The highest BCUT2D eigenvalue weighted by Gasteiger charge is 2.41. The van der Waals surface area contributed by atoms with E-state index in [0.717, 1.165) is 11.1 Å². The van der Waals surface area contributed by atoms with Gasteiger partial charge in [-0.2, -0.15) is 0 Å². The van der Waals surface area contributed by atoms with Gasteiger partial charge in [0.05, 0.1) is 10.6 Å². The second-order valence-electron chi connectivity index (χ2n) is 5.32. The standard InChI is InChI=1S/C16H15ClFNO/c17-13-7-3-4-10(15(13)18)8-16(20)9-14(19)11-5-1-2-6-12(11)16/h1-7,14,20H,8-9,19H2. The van der Waals surface area contributed by atoms with Crippen LogP contribution in [0.2, 0.25) is 5.02 Å². The summed E-state index contributed by atoms with van der Waals surface area (Å²) in [6, 6.07) is 12.1. The lowest BCUT2D eigenvalue weighted by Gasteiger charge is -2.24. The molecule has 104 valence electrons. The number of halogens is 2. The van der Waals surface area contributed by atoms with E-state index in [2.05, 4.69) is 0 Å². The number of nitrogens with two attached hydrogens (primary N) is 1. The molecule has 0 saturated carbocycles. The molecule has 0 spiro atoms. The molecule has 2 atom stereocenters. The van der Waals surface area contributed by atoms with E-state index in [9.17, 15) is 9.50 Å². The fraction of sp³-hybridized carbons (Fsp3) is 0.250. The van der Waals surface area contributed by atoms with Crippen molar-refractivity contribution in [3.63, 3.8) is 0 Å². The van der Waals surface area contributed by atoms with Crippen LogP contribution >= 0.6 is 11.6 Å². The van der Waals surface area contributed by atoms with Gasteiger partial charge in [0.15, 0.2) is 0 Å². The van der Waals surface area contributed by atoms with Crippen molar-refractivity contribution in [2.75, 3.05) is 0 Å². The molecule has 0 aromatic heterocycles. The van der Waals surface area contributed by atoms with Crippen LogP contribution in [-0.4, -0.2) is 5.11 Å². The highest BCUT2D eigenvalue weighted by molar-refractivity contribution is 6.30. The van der Waals surface area contributed by atoms with Crippen molar-refractivity contribution in [2.24, 2.45) is 5.73 Å². The molecule has 1 aliphatic rings. The van der Waals surface area contributed by atoms with Gasteiger partial charge in [-0.3, -0.25) is 0 Å². The highest BCUT2D eigenvalue weighted by Crippen LogP contribution is 2.44. The number of hydrogen-bond donors (Lipinski definition) is 2. The van der Waals surface area contributed by atoms with Crippen LogP contribution in [0.1, 0.15) is 29.2 Å². The van der Waals surface area contributed by atoms with Crippen LogP contribution < -0.4 is 5.73 Å². The third-order valence-corrected chi connectivity index (χ3v) is 4.23. The van der Waals surface area contributed by atoms with Crippen molar-refractivity contribution in [1.82, 2.24) is 0 Å². The van der Waals surface area contributed by atoms with E-state index in [4.69, 9.17) is 17.3 Å². The Morgan fingerprint density at radius 1 is 1.25 bits per heavy atom. The average molecular weight is 292 g/mol. The summed E-state index contributed by atoms with van der Waals surface area (Å²) >= 11 is 5.79. The van der Waals surface area contributed by atoms with E-state index >= 15 is 0 Å². The van der Waals surface area contributed by atoms with Crippen molar-refractivity contribution in [1.29, 1.82) is 0 Å². The molecule has 0 bridgehead atoms. The Morgan fingerprint density at radius 2 is 2.00 bits per heavy atom. The lowest BCUT2D eigenvalue weighted by molar-refractivity contribution is 0.0333. The maximum Gasteiger partial charge on any atom is 0.145 e. The molecule has 2 unspecified atom stereocenters. The highest BCUT2D eigenvalue weighted by atomic mass is 35.5. The van der Waals surface area contributed by atoms with Crippen LogP contribution in [0.3, 0.4) is 0 Å². The summed E-state index contributed by atoms with van der Waals surface area (Å²) in [5.41, 5.74) is 7.05. The third kappa shape index (κ3) is 2.12. The summed E-state index contributed by atoms with van der Waals surface area (Å²) in [5, 5.41) is 11.0. The molecule has 0 aliphatic heterocycles. The predicted molar refractivity (Wildman–Crippen MR) is 77.0 cm³/mol. The Labute approximate surface area is 122 Å². The van der Waals surface area contributed by atoms with E-state index in [-0.39, 0.29) is 17.5 Å². The zero-order valence-electron chi connectivity index (χ0n) is 10.8. The number of fused-ring (bicyclic) bond motifs is 1. The largest absolute Gasteiger partial charge is 0.385 e. The molecule has 3 N–H and O–H groups in total. The van der Waals surface area contributed by atoms with Gasteiger partial charge in [-0.15, -0.1) is 0 Å². The first kappa shape index (κ1) is 13.6. The van der Waals surface area contributed by atoms with Gasteiger partial charge < -0.3 is 10.8 Å². The summed E-state index contributed by atoms with van der Waals surface area (Å²) in [6.45, 7) is 0. The molecular weight excluding hydrogens is 277 g/mol. The molecule has 0 amide bonds. The normalized spacial score (nSPS) is 24.7. The van der Waals surface area contributed by atoms with Gasteiger partial charge in [-0.05, 0) is 29.2 Å². The minimum absolute atomic E-state index is 0.0710. The number of rotatable bonds is 2. The molecule has 2 aromatic rings. The molecular formula is C16H15ClFNO. The van der Waals surface area contributed by atoms with E-state index in [1.54, 1.807) is 12.1 Å². The minimum Gasteiger partial charge on any atom is -0.385 e. The fourth-order valence-corrected chi connectivity index (χ4v) is 3.19. The second-order valence-corrected chi connectivity index (χ2v) is 5.73. The Kier molecular flexibility index (Phi) is 3.28. The van der Waals surface area contributed by atoms with E-state index in [0.29, 0.717) is 12.0 Å². The van der Waals surface area contributed by atoms with Crippen molar-refractivity contribution >= 4 is 11.6 Å². The molecule has 20 heavy (non-hydrogen) atoms. The Bertz CT molecular complexity index is 661. The summed E-state index contributed by atoms with van der Waals surface area (Å²) in [5.74, 6) is -0.472. The summed E-state index contributed by atoms with van der Waals surface area (Å²) in [4.78, 5) is 0. The van der Waals surface area contributed by atoms with E-state index in [1.807, 2.05) is 24.3 Å². The number of benzene rings is 2. The molecule has 4 heteroatoms. The Morgan fingerprint density at radius 3 is 2.80 bits per heavy atom. The Hall–Kier alpha value is -1.42. The number of aliphatic hydroxyl groups is 1. The first-order valence-electron chi connectivity index (χ1n) is 6.51. The summed E-state index contributed by atoms with van der Waals surface area (Å²) in [7, 11) is 0. The van der Waals surface area contributed by atoms with Gasteiger partial charge in [-0.25, -0.2) is 4.39 Å². The average Bonchev–Trinajstić information content (AvgIpc) is 2.68. The lowest BCUT2D eigenvalue weighted by Crippen LogP contribution is -2.27. The van der Waals surface area contributed by atoms with Crippen LogP contribution in [0.5, 0.6) is 0 Å². The van der Waals surface area contributed by atoms with Crippen molar-refractivity contribution in [2.45, 2.75) is 24.5 Å². The van der Waals surface area contributed by atoms with Crippen molar-refractivity contribution in [3.05, 3.63) is 70.0 Å². The van der Waals surface area contributed by atoms with Crippen LogP contribution in [0.4, 0.5) is 4.39 Å². The molecule has 0 fully saturated rings. The molecule has 0 radical (unpaired) electrons. The Balaban J connectivity index is 2.01. The summed E-state index contributed by atoms with van der Waals surface area (Å²) in [6.07, 6.45) is 0.558. The molecule has 2 aromatic carbocycles. The maximum atomic E-state index is 14.0. The smallest absolute Gasteiger partial charge is 0.145 e. The zero-order valence-corrected chi connectivity index (χ0v) is 11.6. The SMILES string of the molecule is NC1CC(O)(Cc2cccc(Cl)c2F)c2ccccc21. The molecule has 2 nitrogen and oxygen atoms in total.